The van der Waals surface area contributed by atoms with Gasteiger partial charge < -0.3 is 24.8 Å². The second-order valence-electron chi connectivity index (χ2n) is 5.99. The summed E-state index contributed by atoms with van der Waals surface area (Å²) in [6.07, 6.45) is -2.33. The maximum atomic E-state index is 13.2. The minimum absolute atomic E-state index is 0.0353. The van der Waals surface area contributed by atoms with Gasteiger partial charge in [0.2, 0.25) is 0 Å². The highest BCUT2D eigenvalue weighted by atomic mass is 19.3. The number of fused-ring (bicyclic) bond motifs is 1. The molecule has 1 aliphatic heterocycles. The van der Waals surface area contributed by atoms with Crippen LogP contribution in [0.25, 0.3) is 0 Å². The molecule has 2 N–H and O–H groups in total. The first kappa shape index (κ1) is 18.9. The molecule has 0 saturated carbocycles. The van der Waals surface area contributed by atoms with E-state index in [1.807, 2.05) is 6.07 Å². The molecule has 0 aliphatic carbocycles. The number of amides is 2. The smallest absolute Gasteiger partial charge is 0.457 e. The zero-order valence-electron chi connectivity index (χ0n) is 15.1. The molecule has 0 saturated heterocycles. The largest absolute Gasteiger partial charge is 0.586 e. The number of benzene rings is 2. The molecule has 0 radical (unpaired) electrons. The van der Waals surface area contributed by atoms with Crippen LogP contribution in [0.15, 0.2) is 60.8 Å². The molecule has 0 unspecified atom stereocenters. The van der Waals surface area contributed by atoms with E-state index in [0.29, 0.717) is 17.2 Å². The number of rotatable bonds is 4. The lowest BCUT2D eigenvalue weighted by atomic mass is 10.2. The van der Waals surface area contributed by atoms with Gasteiger partial charge in [0.25, 0.3) is 0 Å². The SMILES string of the molecule is N#Cc1cc(Oc2ccc(NC(=O)Nc3cccc4c3OC(F)(F)O4)cc2)ccn1. The van der Waals surface area contributed by atoms with Crippen LogP contribution in [0.3, 0.4) is 0 Å². The summed E-state index contributed by atoms with van der Waals surface area (Å²) in [6, 6.07) is 14.9. The first-order valence-electron chi connectivity index (χ1n) is 8.53. The second-order valence-corrected chi connectivity index (χ2v) is 5.99. The van der Waals surface area contributed by atoms with Gasteiger partial charge in [-0.3, -0.25) is 0 Å². The zero-order valence-corrected chi connectivity index (χ0v) is 15.1. The first-order valence-corrected chi connectivity index (χ1v) is 8.53. The van der Waals surface area contributed by atoms with Gasteiger partial charge in [0.15, 0.2) is 11.5 Å². The molecular weight excluding hydrogens is 398 g/mol. The molecule has 0 fully saturated rings. The highest BCUT2D eigenvalue weighted by Gasteiger charge is 2.44. The number of hydrogen-bond acceptors (Lipinski definition) is 6. The molecule has 4 rings (SSSR count). The van der Waals surface area contributed by atoms with Crippen LogP contribution in [0.2, 0.25) is 0 Å². The van der Waals surface area contributed by atoms with E-state index in [-0.39, 0.29) is 22.9 Å². The van der Waals surface area contributed by atoms with Crippen molar-refractivity contribution in [2.75, 3.05) is 10.6 Å². The van der Waals surface area contributed by atoms with E-state index >= 15 is 0 Å². The molecule has 0 bridgehead atoms. The van der Waals surface area contributed by atoms with Gasteiger partial charge in [0.1, 0.15) is 23.3 Å². The van der Waals surface area contributed by atoms with Crippen molar-refractivity contribution in [1.82, 2.24) is 4.98 Å². The summed E-state index contributed by atoms with van der Waals surface area (Å²) in [4.78, 5) is 16.1. The van der Waals surface area contributed by atoms with Gasteiger partial charge in [0.05, 0.1) is 5.69 Å². The monoisotopic (exact) mass is 410 g/mol. The second kappa shape index (κ2) is 7.56. The Morgan fingerprint density at radius 1 is 1.07 bits per heavy atom. The van der Waals surface area contributed by atoms with E-state index in [2.05, 4.69) is 25.1 Å². The Morgan fingerprint density at radius 2 is 1.87 bits per heavy atom. The highest BCUT2D eigenvalue weighted by molar-refractivity contribution is 6.01. The minimum Gasteiger partial charge on any atom is -0.457 e. The lowest BCUT2D eigenvalue weighted by Gasteiger charge is -2.11. The molecule has 0 atom stereocenters. The van der Waals surface area contributed by atoms with Gasteiger partial charge in [-0.25, -0.2) is 9.78 Å². The molecular formula is C20H12F2N4O4. The number of carbonyl (C=O) groups is 1. The van der Waals surface area contributed by atoms with Gasteiger partial charge in [-0.15, -0.1) is 8.78 Å². The predicted octanol–water partition coefficient (Wildman–Crippen LogP) is 4.71. The van der Waals surface area contributed by atoms with Gasteiger partial charge in [0, 0.05) is 18.0 Å². The van der Waals surface area contributed by atoms with Crippen LogP contribution in [0.4, 0.5) is 25.0 Å². The lowest BCUT2D eigenvalue weighted by molar-refractivity contribution is -0.286. The number of nitrogens with one attached hydrogen (secondary N) is 2. The summed E-state index contributed by atoms with van der Waals surface area (Å²) in [7, 11) is 0. The Morgan fingerprint density at radius 3 is 2.63 bits per heavy atom. The first-order chi connectivity index (χ1) is 14.4. The van der Waals surface area contributed by atoms with E-state index in [9.17, 15) is 13.6 Å². The number of ether oxygens (including phenoxy) is 3. The molecule has 0 spiro atoms. The maximum Gasteiger partial charge on any atom is 0.586 e. The van der Waals surface area contributed by atoms with E-state index < -0.39 is 12.3 Å². The molecule has 8 nitrogen and oxygen atoms in total. The number of para-hydroxylation sites is 1. The van der Waals surface area contributed by atoms with E-state index in [1.165, 1.54) is 30.5 Å². The van der Waals surface area contributed by atoms with Crippen molar-refractivity contribution in [3.63, 3.8) is 0 Å². The number of carbonyl (C=O) groups excluding carboxylic acids is 1. The normalized spacial score (nSPS) is 13.2. The predicted molar refractivity (Wildman–Crippen MR) is 101 cm³/mol. The number of nitrogens with zero attached hydrogens (tertiary/aromatic N) is 2. The number of halogens is 2. The Hall–Kier alpha value is -4.39. The van der Waals surface area contributed by atoms with Gasteiger partial charge in [-0.1, -0.05) is 6.07 Å². The molecule has 1 aromatic heterocycles. The number of pyridine rings is 1. The maximum absolute atomic E-state index is 13.2. The average molecular weight is 410 g/mol. The number of anilines is 2. The third-order valence-electron chi connectivity index (χ3n) is 3.87. The van der Waals surface area contributed by atoms with Crippen molar-refractivity contribution >= 4 is 17.4 Å². The fourth-order valence-electron chi connectivity index (χ4n) is 2.63. The molecule has 10 heteroatoms. The quantitative estimate of drug-likeness (QED) is 0.645. The van der Waals surface area contributed by atoms with Crippen molar-refractivity contribution in [3.8, 4) is 29.1 Å². The zero-order chi connectivity index (χ0) is 21.1. The lowest BCUT2D eigenvalue weighted by Crippen LogP contribution is -2.26. The van der Waals surface area contributed by atoms with Gasteiger partial charge in [-0.05, 0) is 42.5 Å². The average Bonchev–Trinajstić information content (AvgIpc) is 3.04. The Kier molecular flexibility index (Phi) is 4.77. The number of hydrogen-bond donors (Lipinski definition) is 2. The fraction of sp³-hybridized carbons (Fsp3) is 0.0500. The van der Waals surface area contributed by atoms with Crippen molar-refractivity contribution in [3.05, 3.63) is 66.5 Å². The molecule has 30 heavy (non-hydrogen) atoms. The number of aromatic nitrogens is 1. The molecule has 150 valence electrons. The van der Waals surface area contributed by atoms with Crippen LogP contribution < -0.4 is 24.8 Å². The standard InChI is InChI=1S/C20H12F2N4O4/c21-20(22)29-17-3-1-2-16(18(17)30-20)26-19(27)25-12-4-6-14(7-5-12)28-15-8-9-24-13(10-15)11-23/h1-10H,(H2,25,26,27). The topological polar surface area (TPSA) is 106 Å². The van der Waals surface area contributed by atoms with Gasteiger partial charge >= 0.3 is 12.3 Å². The molecule has 1 aliphatic rings. The summed E-state index contributed by atoms with van der Waals surface area (Å²) in [5.41, 5.74) is 0.692. The Labute approximate surface area is 168 Å². The highest BCUT2D eigenvalue weighted by Crippen LogP contribution is 2.45. The van der Waals surface area contributed by atoms with Crippen molar-refractivity contribution in [1.29, 1.82) is 5.26 Å². The van der Waals surface area contributed by atoms with Crippen LogP contribution in [0.1, 0.15) is 5.69 Å². The van der Waals surface area contributed by atoms with Crippen molar-refractivity contribution < 1.29 is 27.8 Å². The van der Waals surface area contributed by atoms with Crippen LogP contribution in [0, 0.1) is 11.3 Å². The van der Waals surface area contributed by atoms with Crippen LogP contribution in [-0.4, -0.2) is 17.3 Å². The molecule has 2 amide bonds. The number of urea groups is 1. The van der Waals surface area contributed by atoms with Crippen molar-refractivity contribution in [2.24, 2.45) is 0 Å². The van der Waals surface area contributed by atoms with E-state index in [4.69, 9.17) is 10.00 Å². The Balaban J connectivity index is 1.39. The third-order valence-corrected chi connectivity index (χ3v) is 3.87. The van der Waals surface area contributed by atoms with Crippen LogP contribution >= 0.6 is 0 Å². The van der Waals surface area contributed by atoms with E-state index in [1.54, 1.807) is 30.3 Å². The van der Waals surface area contributed by atoms with E-state index in [0.717, 1.165) is 0 Å². The summed E-state index contributed by atoms with van der Waals surface area (Å²) < 4.78 is 40.9. The molecule has 2 heterocycles. The van der Waals surface area contributed by atoms with Crippen molar-refractivity contribution in [2.45, 2.75) is 6.29 Å². The summed E-state index contributed by atoms with van der Waals surface area (Å²) in [5.74, 6) is 0.493. The van der Waals surface area contributed by atoms with Crippen LogP contribution in [-0.2, 0) is 0 Å². The molecule has 3 aromatic rings. The molecule has 2 aromatic carbocycles. The minimum atomic E-state index is -3.78. The van der Waals surface area contributed by atoms with Crippen LogP contribution in [0.5, 0.6) is 23.0 Å². The summed E-state index contributed by atoms with van der Waals surface area (Å²) in [6.45, 7) is 0. The summed E-state index contributed by atoms with van der Waals surface area (Å²) in [5, 5.41) is 13.9. The third kappa shape index (κ3) is 4.20. The van der Waals surface area contributed by atoms with Gasteiger partial charge in [-0.2, -0.15) is 5.26 Å². The Bertz CT molecular complexity index is 1150. The number of alkyl halides is 2. The summed E-state index contributed by atoms with van der Waals surface area (Å²) >= 11 is 0. The number of nitriles is 1. The fourth-order valence-corrected chi connectivity index (χ4v) is 2.63.